The molecule has 8 nitrogen and oxygen atoms in total. The highest BCUT2D eigenvalue weighted by atomic mass is 16.6. The van der Waals surface area contributed by atoms with Crippen molar-refractivity contribution >= 4 is 17.8 Å². The molecule has 1 amide bonds. The summed E-state index contributed by atoms with van der Waals surface area (Å²) >= 11 is 0. The second-order valence-electron chi connectivity index (χ2n) is 5.82. The smallest absolute Gasteiger partial charge is 0.269 e. The Kier molecular flexibility index (Phi) is 5.81. The fourth-order valence-corrected chi connectivity index (χ4v) is 2.46. The Labute approximate surface area is 160 Å². The number of non-ortho nitro benzene ring substituents is 1. The lowest BCUT2D eigenvalue weighted by Gasteiger charge is -2.02. The lowest BCUT2D eigenvalue weighted by Crippen LogP contribution is -2.19. The lowest BCUT2D eigenvalue weighted by atomic mass is 10.1. The van der Waals surface area contributed by atoms with Crippen LogP contribution in [0.2, 0.25) is 0 Å². The highest BCUT2D eigenvalue weighted by Gasteiger charge is 2.08. The van der Waals surface area contributed by atoms with Crippen molar-refractivity contribution in [2.45, 2.75) is 6.42 Å². The second-order valence-corrected chi connectivity index (χ2v) is 5.82. The molecule has 0 spiro atoms. The van der Waals surface area contributed by atoms with Crippen molar-refractivity contribution < 1.29 is 18.9 Å². The summed E-state index contributed by atoms with van der Waals surface area (Å²) in [5, 5.41) is 14.6. The van der Waals surface area contributed by atoms with E-state index >= 15 is 0 Å². The molecule has 0 aliphatic carbocycles. The van der Waals surface area contributed by atoms with Crippen molar-refractivity contribution in [3.63, 3.8) is 0 Å². The second kappa shape index (κ2) is 8.63. The monoisotopic (exact) mass is 379 g/mol. The first kappa shape index (κ1) is 18.8. The van der Waals surface area contributed by atoms with Gasteiger partial charge in [-0.3, -0.25) is 14.9 Å². The Balaban J connectivity index is 1.55. The van der Waals surface area contributed by atoms with Crippen molar-refractivity contribution in [1.82, 2.24) is 5.43 Å². The Bertz CT molecular complexity index is 991. The normalized spacial score (nSPS) is 10.8. The zero-order chi connectivity index (χ0) is 19.9. The molecule has 28 heavy (non-hydrogen) atoms. The third kappa shape index (κ3) is 4.82. The van der Waals surface area contributed by atoms with Gasteiger partial charge in [-0.2, -0.15) is 5.10 Å². The average Bonchev–Trinajstić information content (AvgIpc) is 3.17. The summed E-state index contributed by atoms with van der Waals surface area (Å²) in [4.78, 5) is 22.2. The van der Waals surface area contributed by atoms with E-state index in [9.17, 15) is 14.9 Å². The van der Waals surface area contributed by atoms with Gasteiger partial charge in [0.1, 0.15) is 17.3 Å². The maximum atomic E-state index is 11.9. The highest BCUT2D eigenvalue weighted by Crippen LogP contribution is 2.24. The highest BCUT2D eigenvalue weighted by molar-refractivity contribution is 5.82. The number of nitro groups is 1. The van der Waals surface area contributed by atoms with Gasteiger partial charge in [0.15, 0.2) is 0 Å². The summed E-state index contributed by atoms with van der Waals surface area (Å²) in [6.07, 6.45) is 1.58. The van der Waals surface area contributed by atoms with Crippen LogP contribution in [0.15, 0.2) is 70.2 Å². The van der Waals surface area contributed by atoms with Gasteiger partial charge < -0.3 is 9.15 Å². The van der Waals surface area contributed by atoms with Gasteiger partial charge >= 0.3 is 0 Å². The van der Waals surface area contributed by atoms with Crippen LogP contribution in [-0.2, 0) is 11.2 Å². The molecule has 0 aliphatic rings. The Hall–Kier alpha value is -3.94. The molecule has 0 saturated carbocycles. The van der Waals surface area contributed by atoms with Crippen LogP contribution >= 0.6 is 0 Å². The minimum Gasteiger partial charge on any atom is -0.497 e. The number of carbonyl (C=O) groups excluding carboxylic acids is 1. The molecule has 0 radical (unpaired) electrons. The van der Waals surface area contributed by atoms with E-state index in [1.807, 2.05) is 12.1 Å². The number of nitrogens with one attached hydrogen (secondary N) is 1. The van der Waals surface area contributed by atoms with Gasteiger partial charge in [0, 0.05) is 17.7 Å². The molecule has 1 heterocycles. The van der Waals surface area contributed by atoms with E-state index in [2.05, 4.69) is 10.5 Å². The third-order valence-electron chi connectivity index (χ3n) is 3.89. The van der Waals surface area contributed by atoms with Crippen molar-refractivity contribution in [1.29, 1.82) is 0 Å². The fourth-order valence-electron chi connectivity index (χ4n) is 2.46. The van der Waals surface area contributed by atoms with E-state index in [4.69, 9.17) is 9.15 Å². The maximum Gasteiger partial charge on any atom is 0.269 e. The van der Waals surface area contributed by atoms with Crippen LogP contribution in [-0.4, -0.2) is 24.2 Å². The predicted molar refractivity (Wildman–Crippen MR) is 103 cm³/mol. The summed E-state index contributed by atoms with van der Waals surface area (Å²) in [5.41, 5.74) is 3.99. The van der Waals surface area contributed by atoms with E-state index in [1.165, 1.54) is 18.3 Å². The molecule has 142 valence electrons. The molecule has 0 unspecified atom stereocenters. The molecule has 0 atom stereocenters. The molecular weight excluding hydrogens is 362 g/mol. The number of benzene rings is 2. The summed E-state index contributed by atoms with van der Waals surface area (Å²) in [6, 6.07) is 16.6. The number of rotatable bonds is 7. The van der Waals surface area contributed by atoms with E-state index in [0.717, 1.165) is 11.3 Å². The van der Waals surface area contributed by atoms with Crippen LogP contribution in [0.3, 0.4) is 0 Å². The summed E-state index contributed by atoms with van der Waals surface area (Å²) in [6.45, 7) is 0. The topological polar surface area (TPSA) is 107 Å². The standard InChI is InChI=1S/C20H17N3O5/c1-27-17-8-2-14(3-9-17)12-20(24)22-21-13-18-10-11-19(28-18)15-4-6-16(7-5-15)23(25)26/h2-11,13H,12H2,1H3,(H,22,24)/b21-13-. The number of furan rings is 1. The van der Waals surface area contributed by atoms with Gasteiger partial charge in [-0.25, -0.2) is 5.43 Å². The van der Waals surface area contributed by atoms with Crippen LogP contribution in [0.4, 0.5) is 5.69 Å². The van der Waals surface area contributed by atoms with Crippen LogP contribution in [0.5, 0.6) is 5.75 Å². The SMILES string of the molecule is COc1ccc(CC(=O)N/N=C\c2ccc(-c3ccc([N+](=O)[O-])cc3)o2)cc1. The molecule has 0 aliphatic heterocycles. The summed E-state index contributed by atoms with van der Waals surface area (Å²) in [7, 11) is 1.58. The van der Waals surface area contributed by atoms with Gasteiger partial charge in [-0.1, -0.05) is 12.1 Å². The van der Waals surface area contributed by atoms with Crippen molar-refractivity contribution in [2.24, 2.45) is 5.10 Å². The molecule has 0 bridgehead atoms. The fraction of sp³-hybridized carbons (Fsp3) is 0.100. The van der Waals surface area contributed by atoms with Crippen molar-refractivity contribution in [3.05, 3.63) is 82.1 Å². The van der Waals surface area contributed by atoms with Gasteiger partial charge in [0.05, 0.1) is 24.7 Å². The Morgan fingerprint density at radius 3 is 2.50 bits per heavy atom. The van der Waals surface area contributed by atoms with Gasteiger partial charge in [-0.15, -0.1) is 0 Å². The number of nitrogens with zero attached hydrogens (tertiary/aromatic N) is 2. The Morgan fingerprint density at radius 1 is 1.14 bits per heavy atom. The minimum absolute atomic E-state index is 0.0108. The van der Waals surface area contributed by atoms with E-state index in [0.29, 0.717) is 17.1 Å². The first-order chi connectivity index (χ1) is 13.5. The average molecular weight is 379 g/mol. The zero-order valence-electron chi connectivity index (χ0n) is 15.0. The largest absolute Gasteiger partial charge is 0.497 e. The van der Waals surface area contributed by atoms with E-state index in [-0.39, 0.29) is 18.0 Å². The first-order valence-corrected chi connectivity index (χ1v) is 8.34. The number of amides is 1. The number of ether oxygens (including phenoxy) is 1. The van der Waals surface area contributed by atoms with Crippen LogP contribution < -0.4 is 10.2 Å². The molecule has 3 aromatic rings. The van der Waals surface area contributed by atoms with Crippen molar-refractivity contribution in [2.75, 3.05) is 7.11 Å². The Morgan fingerprint density at radius 2 is 1.86 bits per heavy atom. The summed E-state index contributed by atoms with van der Waals surface area (Å²) < 4.78 is 10.7. The van der Waals surface area contributed by atoms with E-state index < -0.39 is 4.92 Å². The van der Waals surface area contributed by atoms with Crippen molar-refractivity contribution in [3.8, 4) is 17.1 Å². The number of carbonyl (C=O) groups is 1. The molecule has 1 aromatic heterocycles. The first-order valence-electron chi connectivity index (χ1n) is 8.34. The molecule has 1 N–H and O–H groups in total. The van der Waals surface area contributed by atoms with Gasteiger partial charge in [-0.05, 0) is 42.0 Å². The minimum atomic E-state index is -0.460. The zero-order valence-corrected chi connectivity index (χ0v) is 15.0. The van der Waals surface area contributed by atoms with E-state index in [1.54, 1.807) is 43.5 Å². The van der Waals surface area contributed by atoms with Crippen LogP contribution in [0, 0.1) is 10.1 Å². The van der Waals surface area contributed by atoms with Gasteiger partial charge in [0.2, 0.25) is 5.91 Å². The molecule has 0 saturated heterocycles. The molecule has 0 fully saturated rings. The lowest BCUT2D eigenvalue weighted by molar-refractivity contribution is -0.384. The number of hydrogen-bond acceptors (Lipinski definition) is 6. The quantitative estimate of drug-likeness (QED) is 0.384. The number of hydrogen-bond donors (Lipinski definition) is 1. The molecule has 8 heteroatoms. The molecule has 3 rings (SSSR count). The number of hydrazone groups is 1. The number of methoxy groups -OCH3 is 1. The van der Waals surface area contributed by atoms with Crippen LogP contribution in [0.1, 0.15) is 11.3 Å². The molecular formula is C20H17N3O5. The summed E-state index contributed by atoms with van der Waals surface area (Å²) in [5.74, 6) is 1.45. The predicted octanol–water partition coefficient (Wildman–Crippen LogP) is 3.56. The maximum absolute atomic E-state index is 11.9. The molecule has 2 aromatic carbocycles. The third-order valence-corrected chi connectivity index (χ3v) is 3.89. The van der Waals surface area contributed by atoms with Gasteiger partial charge in [0.25, 0.3) is 5.69 Å². The van der Waals surface area contributed by atoms with Crippen LogP contribution in [0.25, 0.3) is 11.3 Å². The number of nitro benzene ring substituents is 1.